The summed E-state index contributed by atoms with van der Waals surface area (Å²) in [5, 5.41) is 4.74. The molecule has 2 heterocycles. The van der Waals surface area contributed by atoms with Gasteiger partial charge < -0.3 is 13.7 Å². The number of hydrogen-bond donors (Lipinski definition) is 0. The van der Waals surface area contributed by atoms with Crippen LogP contribution in [-0.4, -0.2) is 11.1 Å². The molecule has 0 fully saturated rings. The molecule has 0 spiro atoms. The van der Waals surface area contributed by atoms with Crippen LogP contribution in [0.5, 0.6) is 0 Å². The Balaban J connectivity index is 1.52. The third-order valence-corrected chi connectivity index (χ3v) is 6.42. The zero-order valence-electron chi connectivity index (χ0n) is 18.1. The Hall–Kier alpha value is -3.32. The van der Waals surface area contributed by atoms with E-state index in [2.05, 4.69) is 5.16 Å². The maximum Gasteiger partial charge on any atom is 0.339 e. The van der Waals surface area contributed by atoms with Gasteiger partial charge in [-0.1, -0.05) is 36.3 Å². The van der Waals surface area contributed by atoms with Crippen LogP contribution in [0.2, 0.25) is 0 Å². The summed E-state index contributed by atoms with van der Waals surface area (Å²) in [6.45, 7) is 5.79. The molecule has 0 aliphatic heterocycles. The highest BCUT2D eigenvalue weighted by Gasteiger charge is 2.16. The first-order chi connectivity index (χ1) is 15.5. The lowest BCUT2D eigenvalue weighted by atomic mass is 10.1. The monoisotopic (exact) mass is 449 g/mol. The molecule has 0 unspecified atom stereocenters. The summed E-state index contributed by atoms with van der Waals surface area (Å²) in [4.78, 5) is 25.7. The Morgan fingerprint density at radius 2 is 1.94 bits per heavy atom. The van der Waals surface area contributed by atoms with E-state index in [1.807, 2.05) is 51.1 Å². The first kappa shape index (κ1) is 21.9. The maximum atomic E-state index is 12.9. The van der Waals surface area contributed by atoms with Crippen molar-refractivity contribution in [2.75, 3.05) is 0 Å². The number of benzene rings is 2. The smallest absolute Gasteiger partial charge is 0.339 e. The first-order valence-electron chi connectivity index (χ1n) is 10.3. The molecule has 4 rings (SSSR count). The molecule has 0 amide bonds. The summed E-state index contributed by atoms with van der Waals surface area (Å²) in [7, 11) is 0. The highest BCUT2D eigenvalue weighted by atomic mass is 32.2. The molecule has 0 saturated heterocycles. The van der Waals surface area contributed by atoms with Gasteiger partial charge in [0.2, 0.25) is 0 Å². The molecule has 7 heteroatoms. The van der Waals surface area contributed by atoms with Gasteiger partial charge in [-0.05, 0) is 44.0 Å². The quantitative estimate of drug-likeness (QED) is 0.206. The second kappa shape index (κ2) is 9.44. The Kier molecular flexibility index (Phi) is 6.46. The van der Waals surface area contributed by atoms with Gasteiger partial charge in [0, 0.05) is 33.2 Å². The third-order valence-electron chi connectivity index (χ3n) is 5.32. The lowest BCUT2D eigenvalue weighted by molar-refractivity contribution is 0.0469. The van der Waals surface area contributed by atoms with Crippen LogP contribution in [0.4, 0.5) is 0 Å². The minimum atomic E-state index is -0.466. The van der Waals surface area contributed by atoms with Crippen molar-refractivity contribution in [1.29, 1.82) is 0 Å². The zero-order valence-corrected chi connectivity index (χ0v) is 19.0. The molecule has 2 aromatic heterocycles. The molecule has 0 aliphatic rings. The Labute approximate surface area is 189 Å². The van der Waals surface area contributed by atoms with E-state index in [1.54, 1.807) is 12.1 Å². The van der Waals surface area contributed by atoms with Crippen LogP contribution in [0.25, 0.3) is 11.0 Å². The number of rotatable bonds is 7. The summed E-state index contributed by atoms with van der Waals surface area (Å²) < 4.78 is 16.1. The van der Waals surface area contributed by atoms with Crippen LogP contribution in [0.1, 0.15) is 45.4 Å². The van der Waals surface area contributed by atoms with Crippen LogP contribution < -0.4 is 5.63 Å². The number of carbonyl (C=O) groups excluding carboxylic acids is 1. The highest BCUT2D eigenvalue weighted by Crippen LogP contribution is 2.29. The van der Waals surface area contributed by atoms with Crippen molar-refractivity contribution in [2.45, 2.75) is 44.4 Å². The van der Waals surface area contributed by atoms with Gasteiger partial charge in [-0.2, -0.15) is 0 Å². The maximum absolute atomic E-state index is 12.9. The molecular formula is C25H23NO5S. The number of thioether (sulfide) groups is 1. The van der Waals surface area contributed by atoms with Crippen LogP contribution >= 0.6 is 11.8 Å². The third kappa shape index (κ3) is 4.62. The molecule has 164 valence electrons. The minimum Gasteiger partial charge on any atom is -0.457 e. The Morgan fingerprint density at radius 3 is 2.69 bits per heavy atom. The van der Waals surface area contributed by atoms with Gasteiger partial charge in [0.25, 0.3) is 0 Å². The Bertz CT molecular complexity index is 1320. The van der Waals surface area contributed by atoms with Crippen molar-refractivity contribution < 1.29 is 18.5 Å². The lowest BCUT2D eigenvalue weighted by Gasteiger charge is -2.11. The van der Waals surface area contributed by atoms with E-state index in [1.165, 1.54) is 17.8 Å². The van der Waals surface area contributed by atoms with Crippen molar-refractivity contribution in [3.05, 3.63) is 92.7 Å². The number of aryl methyl sites for hydroxylation is 3. The van der Waals surface area contributed by atoms with Crippen molar-refractivity contribution in [3.8, 4) is 0 Å². The number of aromatic nitrogens is 1. The molecule has 0 radical (unpaired) electrons. The summed E-state index contributed by atoms with van der Waals surface area (Å²) in [6.07, 6.45) is 0.835. The highest BCUT2D eigenvalue weighted by molar-refractivity contribution is 7.98. The molecule has 6 nitrogen and oxygen atoms in total. The van der Waals surface area contributed by atoms with E-state index in [4.69, 9.17) is 13.7 Å². The van der Waals surface area contributed by atoms with Gasteiger partial charge in [-0.3, -0.25) is 0 Å². The number of hydrogen-bond acceptors (Lipinski definition) is 7. The molecule has 0 atom stereocenters. The van der Waals surface area contributed by atoms with Crippen molar-refractivity contribution in [2.24, 2.45) is 0 Å². The average molecular weight is 450 g/mol. The van der Waals surface area contributed by atoms with Gasteiger partial charge in [-0.15, -0.1) is 11.8 Å². The van der Waals surface area contributed by atoms with Crippen LogP contribution in [0, 0.1) is 13.8 Å². The minimum absolute atomic E-state index is 0.0186. The second-order valence-electron chi connectivity index (χ2n) is 7.44. The van der Waals surface area contributed by atoms with E-state index < -0.39 is 11.6 Å². The fourth-order valence-corrected chi connectivity index (χ4v) is 4.65. The first-order valence-corrected chi connectivity index (χ1v) is 11.3. The molecule has 0 N–H and O–H groups in total. The number of carbonyl (C=O) groups is 1. The number of nitrogens with zero attached hydrogens (tertiary/aromatic N) is 1. The topological polar surface area (TPSA) is 82.5 Å². The second-order valence-corrected chi connectivity index (χ2v) is 8.46. The van der Waals surface area contributed by atoms with Gasteiger partial charge in [0.1, 0.15) is 18.0 Å². The fraction of sp³-hybridized carbons (Fsp3) is 0.240. The van der Waals surface area contributed by atoms with E-state index in [0.717, 1.165) is 39.3 Å². The molecular weight excluding hydrogens is 426 g/mol. The van der Waals surface area contributed by atoms with Crippen LogP contribution in [-0.2, 0) is 23.5 Å². The largest absolute Gasteiger partial charge is 0.457 e. The predicted octanol–water partition coefficient (Wildman–Crippen LogP) is 5.61. The lowest BCUT2D eigenvalue weighted by Crippen LogP contribution is -2.09. The fourth-order valence-electron chi connectivity index (χ4n) is 3.45. The predicted molar refractivity (Wildman–Crippen MR) is 123 cm³/mol. The molecule has 32 heavy (non-hydrogen) atoms. The van der Waals surface area contributed by atoms with Gasteiger partial charge in [0.15, 0.2) is 0 Å². The number of fused-ring (bicyclic) bond motifs is 1. The van der Waals surface area contributed by atoms with Crippen LogP contribution in [0.15, 0.2) is 67.2 Å². The molecule has 4 aromatic rings. The zero-order chi connectivity index (χ0) is 22.7. The summed E-state index contributed by atoms with van der Waals surface area (Å²) in [5.74, 6) is 0.963. The standard InChI is InChI=1S/C25H23NO5S/c1-4-17-9-10-19-18(12-24(27)30-22(19)11-17)13-29-25(28)20-7-5-6-8-23(20)32-14-21-15(2)26-31-16(21)3/h5-12H,4,13-14H2,1-3H3. The number of ether oxygens (including phenoxy) is 1. The van der Waals surface area contributed by atoms with Gasteiger partial charge in [0.05, 0.1) is 11.3 Å². The van der Waals surface area contributed by atoms with E-state index in [9.17, 15) is 9.59 Å². The SMILES string of the molecule is CCc1ccc2c(COC(=O)c3ccccc3SCc3c(C)noc3C)cc(=O)oc2c1. The summed E-state index contributed by atoms with van der Waals surface area (Å²) >= 11 is 1.53. The van der Waals surface area contributed by atoms with Crippen molar-refractivity contribution >= 4 is 28.7 Å². The molecule has 0 bridgehead atoms. The van der Waals surface area contributed by atoms with Gasteiger partial charge in [-0.25, -0.2) is 9.59 Å². The van der Waals surface area contributed by atoms with Gasteiger partial charge >= 0.3 is 11.6 Å². The Morgan fingerprint density at radius 1 is 1.12 bits per heavy atom. The van der Waals surface area contributed by atoms with E-state index in [-0.39, 0.29) is 6.61 Å². The van der Waals surface area contributed by atoms with E-state index in [0.29, 0.717) is 22.5 Å². The summed E-state index contributed by atoms with van der Waals surface area (Å²) in [6, 6.07) is 14.4. The average Bonchev–Trinajstić information content (AvgIpc) is 3.12. The van der Waals surface area contributed by atoms with Crippen molar-refractivity contribution in [1.82, 2.24) is 5.16 Å². The molecule has 0 aliphatic carbocycles. The normalized spacial score (nSPS) is 11.1. The van der Waals surface area contributed by atoms with Crippen molar-refractivity contribution in [3.63, 3.8) is 0 Å². The molecule has 2 aromatic carbocycles. The van der Waals surface area contributed by atoms with Crippen LogP contribution in [0.3, 0.4) is 0 Å². The van der Waals surface area contributed by atoms with E-state index >= 15 is 0 Å². The summed E-state index contributed by atoms with van der Waals surface area (Å²) in [5.41, 5.74) is 4.06. The molecule has 0 saturated carbocycles. The number of esters is 1.